The largest absolute Gasteiger partial charge is 0.436 e. The summed E-state index contributed by atoms with van der Waals surface area (Å²) in [5, 5.41) is 6.30. The van der Waals surface area contributed by atoms with Crippen molar-refractivity contribution in [3.63, 3.8) is 0 Å². The number of nitrogens with one attached hydrogen (secondary N) is 2. The quantitative estimate of drug-likeness (QED) is 0.315. The number of carbonyl (C=O) groups excluding carboxylic acids is 1. The SMILES string of the molecule is Cc1ccc2oc(-c3ccc(Cl)c(NC(=S)NC(=O)c4ccc(C(C)(C)C)cc4)c3)nc2c1. The van der Waals surface area contributed by atoms with Crippen LogP contribution in [0.5, 0.6) is 0 Å². The van der Waals surface area contributed by atoms with E-state index >= 15 is 0 Å². The third kappa shape index (κ3) is 5.24. The molecule has 3 aromatic carbocycles. The molecule has 0 aliphatic carbocycles. The highest BCUT2D eigenvalue weighted by Crippen LogP contribution is 2.30. The van der Waals surface area contributed by atoms with Crippen molar-refractivity contribution in [2.45, 2.75) is 33.1 Å². The van der Waals surface area contributed by atoms with Crippen molar-refractivity contribution in [2.24, 2.45) is 0 Å². The lowest BCUT2D eigenvalue weighted by molar-refractivity contribution is 0.0977. The first-order valence-corrected chi connectivity index (χ1v) is 11.3. The van der Waals surface area contributed by atoms with Crippen molar-refractivity contribution < 1.29 is 9.21 Å². The molecule has 1 amide bonds. The Hall–Kier alpha value is -3.22. The Labute approximate surface area is 203 Å². The fourth-order valence-electron chi connectivity index (χ4n) is 3.37. The molecular formula is C26H24ClN3O2S. The molecule has 0 spiro atoms. The number of anilines is 1. The van der Waals surface area contributed by atoms with Gasteiger partial charge in [0.15, 0.2) is 10.7 Å². The Morgan fingerprint density at radius 1 is 1.03 bits per heavy atom. The van der Waals surface area contributed by atoms with Crippen LogP contribution >= 0.6 is 23.8 Å². The summed E-state index contributed by atoms with van der Waals surface area (Å²) in [5.74, 6) is 0.179. The number of aromatic nitrogens is 1. The second-order valence-electron chi connectivity index (χ2n) is 8.92. The van der Waals surface area contributed by atoms with Crippen molar-refractivity contribution in [3.05, 3.63) is 82.4 Å². The zero-order valence-corrected chi connectivity index (χ0v) is 20.4. The summed E-state index contributed by atoms with van der Waals surface area (Å²) in [7, 11) is 0. The van der Waals surface area contributed by atoms with Crippen LogP contribution in [-0.2, 0) is 5.41 Å². The number of hydrogen-bond acceptors (Lipinski definition) is 4. The van der Waals surface area contributed by atoms with Crippen LogP contribution in [0.1, 0.15) is 42.3 Å². The molecule has 0 atom stereocenters. The van der Waals surface area contributed by atoms with Crippen LogP contribution in [0.15, 0.2) is 65.1 Å². The Morgan fingerprint density at radius 2 is 1.76 bits per heavy atom. The maximum absolute atomic E-state index is 12.6. The highest BCUT2D eigenvalue weighted by atomic mass is 35.5. The van der Waals surface area contributed by atoms with E-state index < -0.39 is 0 Å². The molecule has 0 fully saturated rings. The normalized spacial score (nSPS) is 11.4. The summed E-state index contributed by atoms with van der Waals surface area (Å²) < 4.78 is 5.88. The molecule has 7 heteroatoms. The van der Waals surface area contributed by atoms with E-state index in [-0.39, 0.29) is 16.4 Å². The number of oxazole rings is 1. The molecule has 0 saturated heterocycles. The zero-order valence-electron chi connectivity index (χ0n) is 18.8. The van der Waals surface area contributed by atoms with E-state index in [1.807, 2.05) is 43.3 Å². The van der Waals surface area contributed by atoms with E-state index in [1.165, 1.54) is 0 Å². The van der Waals surface area contributed by atoms with Crippen LogP contribution in [0.3, 0.4) is 0 Å². The fraction of sp³-hybridized carbons (Fsp3) is 0.192. The number of halogens is 1. The summed E-state index contributed by atoms with van der Waals surface area (Å²) in [6.07, 6.45) is 0. The molecule has 168 valence electrons. The minimum absolute atomic E-state index is 0.0150. The molecule has 0 aliphatic rings. The molecule has 2 N–H and O–H groups in total. The van der Waals surface area contributed by atoms with Gasteiger partial charge in [-0.25, -0.2) is 4.98 Å². The van der Waals surface area contributed by atoms with Crippen molar-refractivity contribution in [2.75, 3.05) is 5.32 Å². The number of rotatable bonds is 3. The zero-order chi connectivity index (χ0) is 23.8. The predicted octanol–water partition coefficient (Wildman–Crippen LogP) is 6.88. The van der Waals surface area contributed by atoms with Gasteiger partial charge in [0.2, 0.25) is 5.89 Å². The van der Waals surface area contributed by atoms with Crippen molar-refractivity contribution in [1.29, 1.82) is 0 Å². The van der Waals surface area contributed by atoms with Crippen LogP contribution < -0.4 is 10.6 Å². The van der Waals surface area contributed by atoms with Gasteiger partial charge >= 0.3 is 0 Å². The van der Waals surface area contributed by atoms with E-state index in [2.05, 4.69) is 36.4 Å². The number of thiocarbonyl (C=S) groups is 1. The Morgan fingerprint density at radius 3 is 2.45 bits per heavy atom. The number of amides is 1. The van der Waals surface area contributed by atoms with Crippen molar-refractivity contribution in [1.82, 2.24) is 10.3 Å². The van der Waals surface area contributed by atoms with Crippen LogP contribution in [0.25, 0.3) is 22.6 Å². The first-order chi connectivity index (χ1) is 15.6. The average Bonchev–Trinajstić information content (AvgIpc) is 3.18. The standard InChI is InChI=1S/C26H24ClN3O2S/c1-15-5-12-22-21(13-15)28-24(32-22)17-8-11-19(27)20(14-17)29-25(33)30-23(31)16-6-9-18(10-7-16)26(2,3)4/h5-14H,1-4H3,(H2,29,30,31,33). The lowest BCUT2D eigenvalue weighted by atomic mass is 9.87. The maximum atomic E-state index is 12.6. The Bertz CT molecular complexity index is 1350. The Balaban J connectivity index is 1.49. The van der Waals surface area contributed by atoms with Crippen molar-refractivity contribution >= 4 is 51.6 Å². The van der Waals surface area contributed by atoms with E-state index in [9.17, 15) is 4.79 Å². The molecule has 0 saturated carbocycles. The second-order valence-corrected chi connectivity index (χ2v) is 9.74. The summed E-state index contributed by atoms with van der Waals surface area (Å²) in [5.41, 5.74) is 5.57. The van der Waals surface area contributed by atoms with Gasteiger partial charge in [-0.3, -0.25) is 10.1 Å². The van der Waals surface area contributed by atoms with Gasteiger partial charge < -0.3 is 9.73 Å². The Kier molecular flexibility index (Phi) is 6.23. The first-order valence-electron chi connectivity index (χ1n) is 10.5. The van der Waals surface area contributed by atoms with Crippen LogP contribution in [0, 0.1) is 6.92 Å². The van der Waals surface area contributed by atoms with Gasteiger partial charge in [0, 0.05) is 11.1 Å². The molecule has 0 radical (unpaired) electrons. The number of benzene rings is 3. The maximum Gasteiger partial charge on any atom is 0.257 e. The number of nitrogens with zero attached hydrogens (tertiary/aromatic N) is 1. The molecule has 33 heavy (non-hydrogen) atoms. The van der Waals surface area contributed by atoms with E-state index in [1.54, 1.807) is 24.3 Å². The lowest BCUT2D eigenvalue weighted by Crippen LogP contribution is -2.34. The molecule has 0 unspecified atom stereocenters. The molecular weight excluding hydrogens is 454 g/mol. The molecule has 4 aromatic rings. The van der Waals surface area contributed by atoms with Gasteiger partial charge in [0.25, 0.3) is 5.91 Å². The third-order valence-corrected chi connectivity index (χ3v) is 5.78. The summed E-state index contributed by atoms with van der Waals surface area (Å²) >= 11 is 11.7. The monoisotopic (exact) mass is 477 g/mol. The molecule has 0 bridgehead atoms. The lowest BCUT2D eigenvalue weighted by Gasteiger charge is -2.19. The van der Waals surface area contributed by atoms with Crippen LogP contribution in [-0.4, -0.2) is 16.0 Å². The van der Waals surface area contributed by atoms with E-state index in [0.717, 1.165) is 22.2 Å². The predicted molar refractivity (Wildman–Crippen MR) is 138 cm³/mol. The second kappa shape index (κ2) is 8.96. The highest BCUT2D eigenvalue weighted by Gasteiger charge is 2.16. The molecule has 1 heterocycles. The summed E-state index contributed by atoms with van der Waals surface area (Å²) in [6.45, 7) is 8.38. The topological polar surface area (TPSA) is 67.2 Å². The molecule has 5 nitrogen and oxygen atoms in total. The average molecular weight is 478 g/mol. The minimum Gasteiger partial charge on any atom is -0.436 e. The fourth-order valence-corrected chi connectivity index (χ4v) is 3.73. The number of fused-ring (bicyclic) bond motifs is 1. The number of carbonyl (C=O) groups is 1. The van der Waals surface area contributed by atoms with Crippen LogP contribution in [0.2, 0.25) is 5.02 Å². The van der Waals surface area contributed by atoms with Gasteiger partial charge in [-0.05, 0) is 78.1 Å². The van der Waals surface area contributed by atoms with E-state index in [0.29, 0.717) is 27.7 Å². The van der Waals surface area contributed by atoms with Gasteiger partial charge in [-0.2, -0.15) is 0 Å². The smallest absolute Gasteiger partial charge is 0.257 e. The van der Waals surface area contributed by atoms with Gasteiger partial charge in [-0.1, -0.05) is 50.6 Å². The van der Waals surface area contributed by atoms with Gasteiger partial charge in [-0.15, -0.1) is 0 Å². The minimum atomic E-state index is -0.297. The first kappa shape index (κ1) is 23.0. The summed E-state index contributed by atoms with van der Waals surface area (Å²) in [6, 6.07) is 18.7. The summed E-state index contributed by atoms with van der Waals surface area (Å²) in [4.78, 5) is 17.2. The third-order valence-electron chi connectivity index (χ3n) is 5.24. The van der Waals surface area contributed by atoms with Gasteiger partial charge in [0.05, 0.1) is 10.7 Å². The molecule has 4 rings (SSSR count). The van der Waals surface area contributed by atoms with Crippen molar-refractivity contribution in [3.8, 4) is 11.5 Å². The molecule has 1 aromatic heterocycles. The number of hydrogen-bond donors (Lipinski definition) is 2. The van der Waals surface area contributed by atoms with Gasteiger partial charge in [0.1, 0.15) is 5.52 Å². The molecule has 0 aliphatic heterocycles. The van der Waals surface area contributed by atoms with Crippen LogP contribution in [0.4, 0.5) is 5.69 Å². The number of aryl methyl sites for hydroxylation is 1. The highest BCUT2D eigenvalue weighted by molar-refractivity contribution is 7.80. The van der Waals surface area contributed by atoms with E-state index in [4.69, 9.17) is 28.2 Å².